The first kappa shape index (κ1) is 26.7. The van der Waals surface area contributed by atoms with Crippen LogP contribution in [-0.4, -0.2) is 34.7 Å². The normalized spacial score (nSPS) is 0. The number of rotatable bonds is 0. The van der Waals surface area contributed by atoms with Gasteiger partial charge >= 0.3 is 0 Å². The van der Waals surface area contributed by atoms with Crippen LogP contribution >= 0.6 is 0 Å². The van der Waals surface area contributed by atoms with Gasteiger partial charge in [0.25, 0.3) is 0 Å². The maximum atomic E-state index is 0. The Bertz CT molecular complexity index is 4.00. The summed E-state index contributed by atoms with van der Waals surface area (Å²) in [4.78, 5) is 0. The molecular weight excluding hydrogens is 232 g/mol. The summed E-state index contributed by atoms with van der Waals surface area (Å²) >= 11 is 0. The van der Waals surface area contributed by atoms with Gasteiger partial charge in [-0.05, 0) is 0 Å². The smallest absolute Gasteiger partial charge is 0 e. The minimum atomic E-state index is 0. The van der Waals surface area contributed by atoms with Gasteiger partial charge in [-0.1, -0.05) is 0 Å². The van der Waals surface area contributed by atoms with E-state index in [4.69, 9.17) is 0 Å². The molecule has 0 rings (SSSR count). The molecule has 0 fully saturated rings. The molecule has 18 valence electrons. The maximum Gasteiger partial charge on any atom is 0.187 e. The van der Waals surface area contributed by atoms with Crippen LogP contribution < -0.4 is 0 Å². The van der Waals surface area contributed by atoms with Gasteiger partial charge in [0.15, 0.2) is 34.7 Å². The van der Waals surface area contributed by atoms with Gasteiger partial charge in [0.2, 0.25) is 0 Å². The summed E-state index contributed by atoms with van der Waals surface area (Å²) in [6.45, 7) is 0. The molecule has 0 aromatic carbocycles. The summed E-state index contributed by atoms with van der Waals surface area (Å²) in [7, 11) is 0. The average molecular weight is 238 g/mol. The van der Waals surface area contributed by atoms with E-state index >= 15 is 0 Å². The SMILES string of the molecule is [AlH3].[AlH3].[Y].[Y]. The van der Waals surface area contributed by atoms with Crippen LogP contribution in [0.2, 0.25) is 0 Å². The molecule has 2 radical (unpaired) electrons. The van der Waals surface area contributed by atoms with Crippen molar-refractivity contribution in [3.05, 3.63) is 0 Å². The molecule has 0 aliphatic heterocycles. The predicted octanol–water partition coefficient (Wildman–Crippen LogP) is -2.37. The van der Waals surface area contributed by atoms with Crippen molar-refractivity contribution < 1.29 is 65.4 Å². The van der Waals surface area contributed by atoms with Crippen LogP contribution in [0.3, 0.4) is 0 Å². The summed E-state index contributed by atoms with van der Waals surface area (Å²) in [6.07, 6.45) is 0. The van der Waals surface area contributed by atoms with Crippen LogP contribution in [0.4, 0.5) is 0 Å². The van der Waals surface area contributed by atoms with Gasteiger partial charge in [0.05, 0.1) is 0 Å². The molecule has 0 atom stereocenters. The van der Waals surface area contributed by atoms with Gasteiger partial charge in [0.1, 0.15) is 0 Å². The molecule has 0 unspecified atom stereocenters. The van der Waals surface area contributed by atoms with Crippen molar-refractivity contribution in [1.29, 1.82) is 0 Å². The summed E-state index contributed by atoms with van der Waals surface area (Å²) in [5.74, 6) is 0. The Kier molecular flexibility index (Phi) is 109. The summed E-state index contributed by atoms with van der Waals surface area (Å²) < 4.78 is 0. The molecule has 0 saturated heterocycles. The van der Waals surface area contributed by atoms with Gasteiger partial charge in [-0.15, -0.1) is 0 Å². The van der Waals surface area contributed by atoms with Crippen LogP contribution in [0.15, 0.2) is 0 Å². The third-order valence-corrected chi connectivity index (χ3v) is 0. The van der Waals surface area contributed by atoms with Crippen LogP contribution in [-0.2, 0) is 65.4 Å². The molecule has 0 aliphatic carbocycles. The Labute approximate surface area is 97.9 Å². The van der Waals surface area contributed by atoms with E-state index in [1.54, 1.807) is 0 Å². The summed E-state index contributed by atoms with van der Waals surface area (Å²) in [5, 5.41) is 0. The van der Waals surface area contributed by atoms with Crippen LogP contribution in [0.25, 0.3) is 0 Å². The molecule has 0 spiro atoms. The van der Waals surface area contributed by atoms with E-state index in [2.05, 4.69) is 0 Å². The van der Waals surface area contributed by atoms with Crippen LogP contribution in [0, 0.1) is 0 Å². The molecule has 4 heteroatoms. The molecule has 0 saturated carbocycles. The fraction of sp³-hybridized carbons (Fsp3) is 0. The van der Waals surface area contributed by atoms with E-state index in [9.17, 15) is 0 Å². The number of hydrogen-bond acceptors (Lipinski definition) is 0. The minimum absolute atomic E-state index is 0. The zero-order chi connectivity index (χ0) is 0. The van der Waals surface area contributed by atoms with Crippen molar-refractivity contribution in [1.82, 2.24) is 0 Å². The molecule has 0 aliphatic rings. The topological polar surface area (TPSA) is 0 Å². The Hall–Kier alpha value is 3.27. The van der Waals surface area contributed by atoms with Crippen molar-refractivity contribution in [2.24, 2.45) is 0 Å². The summed E-state index contributed by atoms with van der Waals surface area (Å²) in [6, 6.07) is 0. The van der Waals surface area contributed by atoms with Crippen molar-refractivity contribution in [2.45, 2.75) is 0 Å². The van der Waals surface area contributed by atoms with Gasteiger partial charge in [-0.3, -0.25) is 0 Å². The zero-order valence-electron chi connectivity index (χ0n) is 1.15. The van der Waals surface area contributed by atoms with Crippen molar-refractivity contribution >= 4 is 34.7 Å². The second kappa shape index (κ2) is 16.3. The molecule has 0 nitrogen and oxygen atoms in total. The second-order valence-electron chi connectivity index (χ2n) is 0. The van der Waals surface area contributed by atoms with E-state index in [0.29, 0.717) is 0 Å². The van der Waals surface area contributed by atoms with Gasteiger partial charge in [-0.2, -0.15) is 0 Å². The minimum Gasteiger partial charge on any atom is 0 e. The molecular formula is H6Al2Y2. The first-order chi connectivity index (χ1) is 0. The Balaban J connectivity index is 0. The maximum absolute atomic E-state index is 0. The Morgan fingerprint density at radius 3 is 0.500 bits per heavy atom. The van der Waals surface area contributed by atoms with E-state index in [0.717, 1.165) is 0 Å². The third-order valence-electron chi connectivity index (χ3n) is 0. The molecule has 0 amide bonds. The van der Waals surface area contributed by atoms with Crippen molar-refractivity contribution in [3.8, 4) is 0 Å². The average Bonchev–Trinajstić information content (AvgIpc) is 0. The van der Waals surface area contributed by atoms with E-state index in [1.165, 1.54) is 0 Å². The molecule has 0 aromatic rings. The van der Waals surface area contributed by atoms with Crippen LogP contribution in [0.1, 0.15) is 0 Å². The molecule has 4 heavy (non-hydrogen) atoms. The Morgan fingerprint density at radius 1 is 0.500 bits per heavy atom. The molecule has 0 N–H and O–H groups in total. The van der Waals surface area contributed by atoms with Crippen molar-refractivity contribution in [2.75, 3.05) is 0 Å². The largest absolute Gasteiger partial charge is 0.187 e. The van der Waals surface area contributed by atoms with Gasteiger partial charge < -0.3 is 0 Å². The predicted molar refractivity (Wildman–Crippen MR) is 19.9 cm³/mol. The number of hydrogen-bond donors (Lipinski definition) is 0. The van der Waals surface area contributed by atoms with Gasteiger partial charge in [0, 0.05) is 65.4 Å². The second-order valence-corrected chi connectivity index (χ2v) is 0. The first-order valence-corrected chi connectivity index (χ1v) is 0. The molecule has 0 aromatic heterocycles. The van der Waals surface area contributed by atoms with E-state index in [-0.39, 0.29) is 100 Å². The zero-order valence-corrected chi connectivity index (χ0v) is 6.83. The van der Waals surface area contributed by atoms with Crippen molar-refractivity contribution in [3.63, 3.8) is 0 Å². The third kappa shape index (κ3) is 8.99. The summed E-state index contributed by atoms with van der Waals surface area (Å²) in [5.41, 5.74) is 0. The molecule has 0 bridgehead atoms. The van der Waals surface area contributed by atoms with E-state index < -0.39 is 0 Å². The first-order valence-electron chi connectivity index (χ1n) is 0. The quantitative estimate of drug-likeness (QED) is 0.413. The standard InChI is InChI=1S/2Al.2Y.6H. The van der Waals surface area contributed by atoms with Gasteiger partial charge in [-0.25, -0.2) is 0 Å². The van der Waals surface area contributed by atoms with E-state index in [1.807, 2.05) is 0 Å². The fourth-order valence-corrected chi connectivity index (χ4v) is 0. The Morgan fingerprint density at radius 2 is 0.500 bits per heavy atom. The molecule has 0 heterocycles. The monoisotopic (exact) mass is 238 g/mol. The fourth-order valence-electron chi connectivity index (χ4n) is 0. The van der Waals surface area contributed by atoms with Crippen LogP contribution in [0.5, 0.6) is 0 Å².